The number of aryl methyl sites for hydroxylation is 2. The van der Waals surface area contributed by atoms with Crippen LogP contribution in [0.4, 0.5) is 23.0 Å². The summed E-state index contributed by atoms with van der Waals surface area (Å²) >= 11 is 0. The van der Waals surface area contributed by atoms with Crippen LogP contribution in [-0.2, 0) is 0 Å². The molecular weight excluding hydrogens is 298 g/mol. The van der Waals surface area contributed by atoms with Crippen LogP contribution < -0.4 is 15.5 Å². The highest BCUT2D eigenvalue weighted by molar-refractivity contribution is 5.66. The van der Waals surface area contributed by atoms with E-state index in [4.69, 9.17) is 0 Å². The average Bonchev–Trinajstić information content (AvgIpc) is 2.56. The van der Waals surface area contributed by atoms with Gasteiger partial charge in [-0.25, -0.2) is 9.97 Å². The summed E-state index contributed by atoms with van der Waals surface area (Å²) in [5.41, 5.74) is 3.54. The summed E-state index contributed by atoms with van der Waals surface area (Å²) < 4.78 is 0. The van der Waals surface area contributed by atoms with Crippen molar-refractivity contribution in [3.05, 3.63) is 35.7 Å². The molecule has 1 heterocycles. The van der Waals surface area contributed by atoms with Crippen molar-refractivity contribution in [1.29, 1.82) is 0 Å². The second kappa shape index (κ2) is 8.52. The zero-order valence-electron chi connectivity index (χ0n) is 15.5. The average molecular weight is 327 g/mol. The Hall–Kier alpha value is -2.30. The number of hydrogen-bond donors (Lipinski definition) is 2. The van der Waals surface area contributed by atoms with Gasteiger partial charge in [0, 0.05) is 37.1 Å². The largest absolute Gasteiger partial charge is 0.372 e. The van der Waals surface area contributed by atoms with Crippen molar-refractivity contribution in [2.45, 2.75) is 41.0 Å². The molecule has 2 rings (SSSR count). The van der Waals surface area contributed by atoms with Crippen LogP contribution in [0.15, 0.2) is 24.3 Å². The van der Waals surface area contributed by atoms with Crippen molar-refractivity contribution in [1.82, 2.24) is 9.97 Å². The third-order valence-corrected chi connectivity index (χ3v) is 4.00. The fraction of sp³-hybridized carbons (Fsp3) is 0.474. The topological polar surface area (TPSA) is 53.1 Å². The third kappa shape index (κ3) is 4.60. The molecule has 0 radical (unpaired) electrons. The first kappa shape index (κ1) is 18.0. The Morgan fingerprint density at radius 3 is 2.29 bits per heavy atom. The lowest BCUT2D eigenvalue weighted by Gasteiger charge is -2.22. The van der Waals surface area contributed by atoms with Gasteiger partial charge in [-0.1, -0.05) is 6.92 Å². The van der Waals surface area contributed by atoms with E-state index in [0.717, 1.165) is 49.2 Å². The standard InChI is InChI=1S/C19H29N5/c1-6-11-20-18-13-19(22-15(5)21-18)23-17-10-9-16(12-14(17)4)24(7-2)8-3/h9-10,12-13H,6-8,11H2,1-5H3,(H2,20,21,22,23). The summed E-state index contributed by atoms with van der Waals surface area (Å²) in [4.78, 5) is 11.3. The van der Waals surface area contributed by atoms with E-state index >= 15 is 0 Å². The summed E-state index contributed by atoms with van der Waals surface area (Å²) in [6, 6.07) is 8.46. The van der Waals surface area contributed by atoms with Crippen LogP contribution in [0.3, 0.4) is 0 Å². The molecule has 5 nitrogen and oxygen atoms in total. The van der Waals surface area contributed by atoms with Crippen LogP contribution in [0.1, 0.15) is 38.6 Å². The Bertz CT molecular complexity index is 665. The molecule has 24 heavy (non-hydrogen) atoms. The molecule has 0 spiro atoms. The first-order valence-electron chi connectivity index (χ1n) is 8.79. The lowest BCUT2D eigenvalue weighted by molar-refractivity contribution is 0.866. The van der Waals surface area contributed by atoms with Gasteiger partial charge in [0.25, 0.3) is 0 Å². The molecule has 5 heteroatoms. The van der Waals surface area contributed by atoms with Gasteiger partial charge in [0.05, 0.1) is 0 Å². The number of hydrogen-bond acceptors (Lipinski definition) is 5. The summed E-state index contributed by atoms with van der Waals surface area (Å²) in [5, 5.41) is 6.74. The molecule has 0 aliphatic heterocycles. The molecule has 0 unspecified atom stereocenters. The van der Waals surface area contributed by atoms with Crippen LogP contribution in [0, 0.1) is 13.8 Å². The molecule has 130 valence electrons. The maximum atomic E-state index is 4.50. The molecule has 0 aliphatic carbocycles. The molecular formula is C19H29N5. The van der Waals surface area contributed by atoms with Gasteiger partial charge in [-0.2, -0.15) is 0 Å². The second-order valence-corrected chi connectivity index (χ2v) is 5.91. The summed E-state index contributed by atoms with van der Waals surface area (Å²) in [6.45, 7) is 13.5. The SMILES string of the molecule is CCCNc1cc(Nc2ccc(N(CC)CC)cc2C)nc(C)n1. The molecule has 0 saturated carbocycles. The first-order valence-corrected chi connectivity index (χ1v) is 8.79. The van der Waals surface area contributed by atoms with Gasteiger partial charge in [0.1, 0.15) is 17.5 Å². The Kier molecular flexibility index (Phi) is 6.41. The van der Waals surface area contributed by atoms with Crippen molar-refractivity contribution in [2.24, 2.45) is 0 Å². The van der Waals surface area contributed by atoms with Crippen molar-refractivity contribution >= 4 is 23.0 Å². The van der Waals surface area contributed by atoms with Crippen LogP contribution in [-0.4, -0.2) is 29.6 Å². The van der Waals surface area contributed by atoms with Gasteiger partial charge in [-0.15, -0.1) is 0 Å². The van der Waals surface area contributed by atoms with E-state index in [1.54, 1.807) is 0 Å². The Morgan fingerprint density at radius 2 is 1.67 bits per heavy atom. The molecule has 0 aliphatic rings. The maximum absolute atomic E-state index is 4.50. The van der Waals surface area contributed by atoms with Crippen LogP contribution >= 0.6 is 0 Å². The van der Waals surface area contributed by atoms with Gasteiger partial charge >= 0.3 is 0 Å². The zero-order valence-corrected chi connectivity index (χ0v) is 15.5. The quantitative estimate of drug-likeness (QED) is 0.747. The fourth-order valence-corrected chi connectivity index (χ4v) is 2.69. The molecule has 0 saturated heterocycles. The number of nitrogens with one attached hydrogen (secondary N) is 2. The van der Waals surface area contributed by atoms with Crippen LogP contribution in [0.5, 0.6) is 0 Å². The summed E-state index contributed by atoms with van der Waals surface area (Å²) in [5.74, 6) is 2.44. The first-order chi connectivity index (χ1) is 11.6. The molecule has 2 aromatic rings. The van der Waals surface area contributed by atoms with E-state index in [2.05, 4.69) is 71.4 Å². The normalized spacial score (nSPS) is 10.5. The molecule has 0 bridgehead atoms. The van der Waals surface area contributed by atoms with Gasteiger partial charge in [-0.05, 0) is 57.9 Å². The predicted molar refractivity (Wildman–Crippen MR) is 104 cm³/mol. The van der Waals surface area contributed by atoms with Gasteiger partial charge in [0.15, 0.2) is 0 Å². The Labute approximate surface area is 145 Å². The zero-order chi connectivity index (χ0) is 17.5. The van der Waals surface area contributed by atoms with Crippen molar-refractivity contribution in [3.63, 3.8) is 0 Å². The summed E-state index contributed by atoms with van der Waals surface area (Å²) in [7, 11) is 0. The second-order valence-electron chi connectivity index (χ2n) is 5.91. The van der Waals surface area contributed by atoms with E-state index in [9.17, 15) is 0 Å². The van der Waals surface area contributed by atoms with E-state index < -0.39 is 0 Å². The molecule has 1 aromatic heterocycles. The Balaban J connectivity index is 2.20. The smallest absolute Gasteiger partial charge is 0.136 e. The number of rotatable bonds is 8. The number of benzene rings is 1. The van der Waals surface area contributed by atoms with E-state index in [1.165, 1.54) is 11.3 Å². The molecule has 1 aromatic carbocycles. The molecule has 0 amide bonds. The van der Waals surface area contributed by atoms with E-state index in [0.29, 0.717) is 0 Å². The minimum absolute atomic E-state index is 0.760. The van der Waals surface area contributed by atoms with Crippen LogP contribution in [0.25, 0.3) is 0 Å². The van der Waals surface area contributed by atoms with E-state index in [-0.39, 0.29) is 0 Å². The fourth-order valence-electron chi connectivity index (χ4n) is 2.69. The third-order valence-electron chi connectivity index (χ3n) is 4.00. The highest BCUT2D eigenvalue weighted by Gasteiger charge is 2.07. The predicted octanol–water partition coefficient (Wildman–Crippen LogP) is 4.51. The van der Waals surface area contributed by atoms with E-state index in [1.807, 2.05) is 13.0 Å². The van der Waals surface area contributed by atoms with Gasteiger partial charge in [0.2, 0.25) is 0 Å². The van der Waals surface area contributed by atoms with Crippen molar-refractivity contribution in [3.8, 4) is 0 Å². The monoisotopic (exact) mass is 327 g/mol. The molecule has 0 fully saturated rings. The van der Waals surface area contributed by atoms with Crippen molar-refractivity contribution in [2.75, 3.05) is 35.2 Å². The maximum Gasteiger partial charge on any atom is 0.136 e. The van der Waals surface area contributed by atoms with Gasteiger partial charge < -0.3 is 15.5 Å². The highest BCUT2D eigenvalue weighted by Crippen LogP contribution is 2.25. The minimum atomic E-state index is 0.760. The number of nitrogens with zero attached hydrogens (tertiary/aromatic N) is 3. The number of aromatic nitrogens is 2. The van der Waals surface area contributed by atoms with Gasteiger partial charge in [-0.3, -0.25) is 0 Å². The molecule has 2 N–H and O–H groups in total. The van der Waals surface area contributed by atoms with Crippen molar-refractivity contribution < 1.29 is 0 Å². The lowest BCUT2D eigenvalue weighted by Crippen LogP contribution is -2.21. The van der Waals surface area contributed by atoms with Crippen LogP contribution in [0.2, 0.25) is 0 Å². The lowest BCUT2D eigenvalue weighted by atomic mass is 10.1. The summed E-state index contributed by atoms with van der Waals surface area (Å²) in [6.07, 6.45) is 1.07. The highest BCUT2D eigenvalue weighted by atomic mass is 15.1. The Morgan fingerprint density at radius 1 is 0.958 bits per heavy atom. The number of anilines is 4. The minimum Gasteiger partial charge on any atom is -0.372 e. The molecule has 0 atom stereocenters.